The second-order valence-electron chi connectivity index (χ2n) is 8.41. The van der Waals surface area contributed by atoms with Crippen molar-refractivity contribution >= 4 is 27.3 Å². The molecule has 0 heterocycles. The zero-order valence-electron chi connectivity index (χ0n) is 20.3. The van der Waals surface area contributed by atoms with E-state index < -0.39 is 21.7 Å². The molecular weight excluding hydrogens is 508 g/mol. The number of sulfonamides is 1. The number of nitrogens with one attached hydrogen (secondary N) is 1. The van der Waals surface area contributed by atoms with Gasteiger partial charge in [-0.25, -0.2) is 17.2 Å². The summed E-state index contributed by atoms with van der Waals surface area (Å²) in [7, 11) is -0.721. The summed E-state index contributed by atoms with van der Waals surface area (Å²) in [5.74, 6) is -1.43. The molecule has 0 bridgehead atoms. The van der Waals surface area contributed by atoms with Gasteiger partial charge in [0.05, 0.1) is 10.6 Å². The zero-order chi connectivity index (χ0) is 26.1. The summed E-state index contributed by atoms with van der Waals surface area (Å²) in [6, 6.07) is 13.2. The number of aryl methyl sites for hydroxylation is 2. The molecule has 5 nitrogen and oxygen atoms in total. The third kappa shape index (κ3) is 7.49. The Kier molecular flexibility index (Phi) is 10.2. The molecule has 0 atom stereocenters. The van der Waals surface area contributed by atoms with Gasteiger partial charge >= 0.3 is 0 Å². The van der Waals surface area contributed by atoms with E-state index >= 15 is 0 Å². The molecule has 9 heteroatoms. The Balaban J connectivity index is 1.91. The van der Waals surface area contributed by atoms with Gasteiger partial charge in [-0.15, -0.1) is 0 Å². The topological polar surface area (TPSA) is 64.6 Å². The van der Waals surface area contributed by atoms with Crippen LogP contribution in [0.15, 0.2) is 59.5 Å². The van der Waals surface area contributed by atoms with Crippen LogP contribution in [0.4, 0.5) is 14.5 Å². The molecule has 0 radical (unpaired) electrons. The lowest BCUT2D eigenvalue weighted by Gasteiger charge is -2.16. The summed E-state index contributed by atoms with van der Waals surface area (Å²) in [4.78, 5) is 0.100. The summed E-state index contributed by atoms with van der Waals surface area (Å²) >= 11 is 6.12. The van der Waals surface area contributed by atoms with Gasteiger partial charge in [-0.1, -0.05) is 23.7 Å². The van der Waals surface area contributed by atoms with Crippen molar-refractivity contribution in [2.24, 2.45) is 0 Å². The van der Waals surface area contributed by atoms with Gasteiger partial charge in [-0.2, -0.15) is 0 Å². The van der Waals surface area contributed by atoms with E-state index in [1.807, 2.05) is 6.07 Å². The monoisotopic (exact) mass is 537 g/mol. The predicted octanol–water partition coefficient (Wildman–Crippen LogP) is 6.17. The van der Waals surface area contributed by atoms with Crippen LogP contribution in [0.2, 0.25) is 5.02 Å². The largest absolute Gasteiger partial charge is 0.385 e. The second-order valence-corrected chi connectivity index (χ2v) is 10.5. The molecule has 0 spiro atoms. The fraction of sp³-hybridized carbons (Fsp3) is 0.333. The Morgan fingerprint density at radius 2 is 1.47 bits per heavy atom. The van der Waals surface area contributed by atoms with Crippen molar-refractivity contribution in [3.63, 3.8) is 0 Å². The molecule has 0 saturated heterocycles. The molecule has 3 rings (SSSR count). The normalized spacial score (nSPS) is 11.6. The van der Waals surface area contributed by atoms with Crippen LogP contribution in [0.1, 0.15) is 35.1 Å². The molecule has 0 fully saturated rings. The van der Waals surface area contributed by atoms with Gasteiger partial charge in [-0.05, 0) is 84.8 Å². The highest BCUT2D eigenvalue weighted by atomic mass is 35.5. The molecule has 0 aromatic heterocycles. The molecule has 194 valence electrons. The Morgan fingerprint density at radius 1 is 0.833 bits per heavy atom. The first-order chi connectivity index (χ1) is 17.2. The Bertz CT molecular complexity index is 1260. The van der Waals surface area contributed by atoms with Crippen molar-refractivity contribution < 1.29 is 26.7 Å². The van der Waals surface area contributed by atoms with Crippen LogP contribution >= 0.6 is 11.6 Å². The fourth-order valence-corrected chi connectivity index (χ4v) is 5.31. The number of ether oxygens (including phenoxy) is 2. The molecule has 1 N–H and O–H groups in total. The van der Waals surface area contributed by atoms with Gasteiger partial charge in [0.2, 0.25) is 0 Å². The Hall–Kier alpha value is -2.52. The molecule has 3 aromatic rings. The first-order valence-electron chi connectivity index (χ1n) is 11.6. The van der Waals surface area contributed by atoms with Gasteiger partial charge < -0.3 is 9.47 Å². The lowest BCUT2D eigenvalue weighted by atomic mass is 9.99. The van der Waals surface area contributed by atoms with Crippen LogP contribution in [0.3, 0.4) is 0 Å². The summed E-state index contributed by atoms with van der Waals surface area (Å²) in [6.45, 7) is 1.18. The molecule has 0 aliphatic rings. The standard InChI is InChI=1S/C27H30ClF2NO4S/c1-34-14-4-6-19-10-12-23(17-20(19)7-5-15-35-2)36(32,33)31-27-13-11-22(28)16-21(27)18-24-25(29)8-3-9-26(24)30/h3,8-13,16-17,31H,4-7,14-15,18H2,1-2H3. The number of anilines is 1. The minimum atomic E-state index is -3.99. The maximum Gasteiger partial charge on any atom is 0.261 e. The van der Waals surface area contributed by atoms with E-state index in [9.17, 15) is 17.2 Å². The first-order valence-corrected chi connectivity index (χ1v) is 13.4. The zero-order valence-corrected chi connectivity index (χ0v) is 21.9. The lowest BCUT2D eigenvalue weighted by molar-refractivity contribution is 0.194. The minimum absolute atomic E-state index is 0.100. The summed E-state index contributed by atoms with van der Waals surface area (Å²) < 4.78 is 68.1. The summed E-state index contributed by atoms with van der Waals surface area (Å²) in [5, 5.41) is 0.325. The van der Waals surface area contributed by atoms with Crippen LogP contribution in [-0.4, -0.2) is 35.9 Å². The minimum Gasteiger partial charge on any atom is -0.385 e. The fourth-order valence-electron chi connectivity index (χ4n) is 3.96. The summed E-state index contributed by atoms with van der Waals surface area (Å²) in [6.07, 6.45) is 2.83. The van der Waals surface area contributed by atoms with Crippen molar-refractivity contribution in [1.29, 1.82) is 0 Å². The predicted molar refractivity (Wildman–Crippen MR) is 138 cm³/mol. The molecule has 36 heavy (non-hydrogen) atoms. The molecule has 0 unspecified atom stereocenters. The molecule has 3 aromatic carbocycles. The number of halogens is 3. The van der Waals surface area contributed by atoms with Crippen molar-refractivity contribution in [1.82, 2.24) is 0 Å². The third-order valence-electron chi connectivity index (χ3n) is 5.82. The second kappa shape index (κ2) is 13.1. The van der Waals surface area contributed by atoms with Gasteiger partial charge in [-0.3, -0.25) is 4.72 Å². The molecule has 0 aliphatic heterocycles. The Morgan fingerprint density at radius 3 is 2.11 bits per heavy atom. The van der Waals surface area contributed by atoms with E-state index in [0.717, 1.165) is 42.5 Å². The third-order valence-corrected chi connectivity index (χ3v) is 7.42. The first kappa shape index (κ1) is 28.1. The maximum absolute atomic E-state index is 14.3. The Labute approximate surface area is 216 Å². The quantitative estimate of drug-likeness (QED) is 0.265. The van der Waals surface area contributed by atoms with Crippen molar-refractivity contribution in [3.05, 3.63) is 93.5 Å². The average molecular weight is 538 g/mol. The van der Waals surface area contributed by atoms with E-state index in [4.69, 9.17) is 21.1 Å². The van der Waals surface area contributed by atoms with E-state index in [2.05, 4.69) is 4.72 Å². The highest BCUT2D eigenvalue weighted by molar-refractivity contribution is 7.92. The van der Waals surface area contributed by atoms with Gasteiger partial charge in [0.25, 0.3) is 10.0 Å². The highest BCUT2D eigenvalue weighted by Crippen LogP contribution is 2.28. The van der Waals surface area contributed by atoms with Crippen LogP contribution in [0.5, 0.6) is 0 Å². The van der Waals surface area contributed by atoms with Crippen molar-refractivity contribution in [3.8, 4) is 0 Å². The van der Waals surface area contributed by atoms with Crippen molar-refractivity contribution in [2.75, 3.05) is 32.2 Å². The van der Waals surface area contributed by atoms with Gasteiger partial charge in [0, 0.05) is 44.4 Å². The average Bonchev–Trinajstić information content (AvgIpc) is 2.84. The highest BCUT2D eigenvalue weighted by Gasteiger charge is 2.20. The smallest absolute Gasteiger partial charge is 0.261 e. The molecule has 0 saturated carbocycles. The van der Waals surface area contributed by atoms with Crippen molar-refractivity contribution in [2.45, 2.75) is 37.0 Å². The van der Waals surface area contributed by atoms with Gasteiger partial charge in [0.1, 0.15) is 11.6 Å². The van der Waals surface area contributed by atoms with E-state index in [0.29, 0.717) is 30.2 Å². The van der Waals surface area contributed by atoms with Crippen LogP contribution in [0, 0.1) is 11.6 Å². The molecule has 0 aliphatic carbocycles. The number of methoxy groups -OCH3 is 2. The van der Waals surface area contributed by atoms with E-state index in [1.165, 1.54) is 24.3 Å². The van der Waals surface area contributed by atoms with E-state index in [-0.39, 0.29) is 22.6 Å². The molecular formula is C27H30ClF2NO4S. The van der Waals surface area contributed by atoms with E-state index in [1.54, 1.807) is 26.4 Å². The number of hydrogen-bond acceptors (Lipinski definition) is 4. The van der Waals surface area contributed by atoms with Gasteiger partial charge in [0.15, 0.2) is 0 Å². The van der Waals surface area contributed by atoms with Crippen LogP contribution in [-0.2, 0) is 38.8 Å². The maximum atomic E-state index is 14.3. The van der Waals surface area contributed by atoms with Crippen LogP contribution < -0.4 is 4.72 Å². The number of hydrogen-bond donors (Lipinski definition) is 1. The summed E-state index contributed by atoms with van der Waals surface area (Å²) in [5.41, 5.74) is 2.37. The van der Waals surface area contributed by atoms with Crippen LogP contribution in [0.25, 0.3) is 0 Å². The lowest BCUT2D eigenvalue weighted by Crippen LogP contribution is -2.15. The number of rotatable bonds is 13. The number of benzene rings is 3. The molecule has 0 amide bonds. The SMILES string of the molecule is COCCCc1ccc(S(=O)(=O)Nc2ccc(Cl)cc2Cc2c(F)cccc2F)cc1CCCOC.